The third kappa shape index (κ3) is 2.31. The van der Waals surface area contributed by atoms with E-state index in [9.17, 15) is 4.79 Å². The Hall–Kier alpha value is -0.890. The van der Waals surface area contributed by atoms with Crippen molar-refractivity contribution in [3.05, 3.63) is 23.3 Å². The number of hydrogen-bond acceptors (Lipinski definition) is 2. The summed E-state index contributed by atoms with van der Waals surface area (Å²) < 4.78 is 0. The highest BCUT2D eigenvalue weighted by Crippen LogP contribution is 2.18. The fourth-order valence-corrected chi connectivity index (χ4v) is 1.27. The molecule has 0 aromatic rings. The van der Waals surface area contributed by atoms with Gasteiger partial charge in [0.2, 0.25) is 0 Å². The fourth-order valence-electron chi connectivity index (χ4n) is 1.27. The van der Waals surface area contributed by atoms with Crippen molar-refractivity contribution >= 4 is 5.78 Å². The van der Waals surface area contributed by atoms with E-state index in [-0.39, 0.29) is 5.78 Å². The van der Waals surface area contributed by atoms with Crippen LogP contribution in [0.25, 0.3) is 0 Å². The van der Waals surface area contributed by atoms with E-state index in [4.69, 9.17) is 5.73 Å². The van der Waals surface area contributed by atoms with E-state index in [0.717, 1.165) is 18.4 Å². The molecule has 1 aliphatic carbocycles. The molecule has 0 saturated heterocycles. The fraction of sp³-hybridized carbons (Fsp3) is 0.500. The second-order valence-electron chi connectivity index (χ2n) is 3.17. The highest BCUT2D eigenvalue weighted by Gasteiger charge is 2.10. The van der Waals surface area contributed by atoms with Gasteiger partial charge in [0.1, 0.15) is 0 Å². The molecule has 0 heterocycles. The lowest BCUT2D eigenvalue weighted by Crippen LogP contribution is -2.11. The second-order valence-corrected chi connectivity index (χ2v) is 3.17. The summed E-state index contributed by atoms with van der Waals surface area (Å²) in [5.74, 6) is 0.209. The smallest absolute Gasteiger partial charge is 0.160 e. The van der Waals surface area contributed by atoms with Crippen LogP contribution in [0.1, 0.15) is 26.2 Å². The van der Waals surface area contributed by atoms with Gasteiger partial charge in [-0.3, -0.25) is 4.79 Å². The molecular weight excluding hydrogens is 150 g/mol. The van der Waals surface area contributed by atoms with Gasteiger partial charge >= 0.3 is 0 Å². The summed E-state index contributed by atoms with van der Waals surface area (Å²) in [6, 6.07) is 0. The number of allylic oxidation sites excluding steroid dienone is 4. The Kier molecular flexibility index (Phi) is 3.23. The van der Waals surface area contributed by atoms with Crippen molar-refractivity contribution in [2.45, 2.75) is 26.2 Å². The molecule has 1 rings (SSSR count). The van der Waals surface area contributed by atoms with E-state index >= 15 is 0 Å². The zero-order chi connectivity index (χ0) is 8.97. The van der Waals surface area contributed by atoms with Crippen molar-refractivity contribution in [1.29, 1.82) is 0 Å². The van der Waals surface area contributed by atoms with E-state index in [0.29, 0.717) is 13.0 Å². The number of Topliss-reactive ketones (excluding diaryl/α,β-unsaturated/α-hetero) is 1. The third-order valence-corrected chi connectivity index (χ3v) is 2.09. The lowest BCUT2D eigenvalue weighted by atomic mass is 9.95. The molecule has 2 nitrogen and oxygen atoms in total. The molecule has 0 fully saturated rings. The van der Waals surface area contributed by atoms with E-state index in [1.165, 1.54) is 5.57 Å². The summed E-state index contributed by atoms with van der Waals surface area (Å²) in [6.45, 7) is 2.54. The van der Waals surface area contributed by atoms with Gasteiger partial charge in [-0.25, -0.2) is 0 Å². The summed E-state index contributed by atoms with van der Waals surface area (Å²) in [5, 5.41) is 0. The Bertz CT molecular complexity index is 238. The van der Waals surface area contributed by atoms with Crippen molar-refractivity contribution in [3.8, 4) is 0 Å². The van der Waals surface area contributed by atoms with Crippen molar-refractivity contribution < 1.29 is 4.79 Å². The lowest BCUT2D eigenvalue weighted by Gasteiger charge is -2.09. The molecule has 1 aliphatic rings. The van der Waals surface area contributed by atoms with Gasteiger partial charge in [0.25, 0.3) is 0 Å². The molecule has 0 spiro atoms. The van der Waals surface area contributed by atoms with Crippen LogP contribution in [-0.2, 0) is 4.79 Å². The van der Waals surface area contributed by atoms with Crippen LogP contribution in [0.3, 0.4) is 0 Å². The standard InChI is InChI=1S/C10H15NO/c1-8-2-4-9(5-3-8)10(12)6-7-11/h2,4H,3,5-7,11H2,1H3. The van der Waals surface area contributed by atoms with Gasteiger partial charge in [0, 0.05) is 6.42 Å². The summed E-state index contributed by atoms with van der Waals surface area (Å²) >= 11 is 0. The summed E-state index contributed by atoms with van der Waals surface area (Å²) in [6.07, 6.45) is 6.34. The van der Waals surface area contributed by atoms with E-state index in [1.807, 2.05) is 12.2 Å². The first-order valence-electron chi connectivity index (χ1n) is 4.33. The van der Waals surface area contributed by atoms with Crippen LogP contribution in [0.2, 0.25) is 0 Å². The molecule has 0 aromatic carbocycles. The van der Waals surface area contributed by atoms with Gasteiger partial charge in [-0.1, -0.05) is 17.7 Å². The number of nitrogens with two attached hydrogens (primary N) is 1. The van der Waals surface area contributed by atoms with Crippen LogP contribution in [0, 0.1) is 0 Å². The maximum absolute atomic E-state index is 11.3. The van der Waals surface area contributed by atoms with E-state index in [2.05, 4.69) is 6.92 Å². The van der Waals surface area contributed by atoms with Crippen molar-refractivity contribution in [2.24, 2.45) is 5.73 Å². The molecule has 0 radical (unpaired) electrons. The minimum atomic E-state index is 0.209. The van der Waals surface area contributed by atoms with Crippen molar-refractivity contribution in [3.63, 3.8) is 0 Å². The SMILES string of the molecule is CC1=CC=C(C(=O)CCN)CC1. The van der Waals surface area contributed by atoms with Gasteiger partial charge in [0.15, 0.2) is 5.78 Å². The van der Waals surface area contributed by atoms with E-state index in [1.54, 1.807) is 0 Å². The molecule has 0 aliphatic heterocycles. The Morgan fingerprint density at radius 2 is 2.25 bits per heavy atom. The first-order chi connectivity index (χ1) is 5.74. The van der Waals surface area contributed by atoms with Crippen LogP contribution in [0.5, 0.6) is 0 Å². The lowest BCUT2D eigenvalue weighted by molar-refractivity contribution is -0.115. The third-order valence-electron chi connectivity index (χ3n) is 2.09. The first kappa shape index (κ1) is 9.20. The molecule has 0 bridgehead atoms. The number of rotatable bonds is 3. The summed E-state index contributed by atoms with van der Waals surface area (Å²) in [4.78, 5) is 11.3. The number of ketones is 1. The molecule has 2 heteroatoms. The second kappa shape index (κ2) is 4.21. The highest BCUT2D eigenvalue weighted by atomic mass is 16.1. The molecule has 0 saturated carbocycles. The maximum Gasteiger partial charge on any atom is 0.160 e. The van der Waals surface area contributed by atoms with Crippen LogP contribution in [-0.4, -0.2) is 12.3 Å². The Balaban J connectivity index is 2.59. The van der Waals surface area contributed by atoms with Gasteiger partial charge < -0.3 is 5.73 Å². The maximum atomic E-state index is 11.3. The predicted octanol–water partition coefficient (Wildman–Crippen LogP) is 1.57. The van der Waals surface area contributed by atoms with Gasteiger partial charge in [-0.15, -0.1) is 0 Å². The van der Waals surface area contributed by atoms with Gasteiger partial charge in [0.05, 0.1) is 0 Å². The van der Waals surface area contributed by atoms with Crippen LogP contribution < -0.4 is 5.73 Å². The predicted molar refractivity (Wildman–Crippen MR) is 49.8 cm³/mol. The number of hydrogen-bond donors (Lipinski definition) is 1. The van der Waals surface area contributed by atoms with Crippen molar-refractivity contribution in [1.82, 2.24) is 0 Å². The van der Waals surface area contributed by atoms with Gasteiger partial charge in [-0.05, 0) is 31.9 Å². The number of carbonyl (C=O) groups is 1. The van der Waals surface area contributed by atoms with Crippen molar-refractivity contribution in [2.75, 3.05) is 6.54 Å². The molecule has 12 heavy (non-hydrogen) atoms. The minimum absolute atomic E-state index is 0.209. The monoisotopic (exact) mass is 165 g/mol. The highest BCUT2D eigenvalue weighted by molar-refractivity contribution is 5.95. The molecular formula is C10H15NO. The molecule has 0 amide bonds. The van der Waals surface area contributed by atoms with Gasteiger partial charge in [-0.2, -0.15) is 0 Å². The van der Waals surface area contributed by atoms with Crippen LogP contribution in [0.4, 0.5) is 0 Å². The zero-order valence-corrected chi connectivity index (χ0v) is 7.47. The number of carbonyl (C=O) groups excluding carboxylic acids is 1. The summed E-state index contributed by atoms with van der Waals surface area (Å²) in [7, 11) is 0. The molecule has 2 N–H and O–H groups in total. The molecule has 0 aromatic heterocycles. The summed E-state index contributed by atoms with van der Waals surface area (Å²) in [5.41, 5.74) is 7.58. The first-order valence-corrected chi connectivity index (χ1v) is 4.33. The Morgan fingerprint density at radius 3 is 2.75 bits per heavy atom. The average Bonchev–Trinajstić information content (AvgIpc) is 2.06. The van der Waals surface area contributed by atoms with Crippen LogP contribution >= 0.6 is 0 Å². The van der Waals surface area contributed by atoms with E-state index < -0.39 is 0 Å². The quantitative estimate of drug-likeness (QED) is 0.689. The molecule has 66 valence electrons. The normalized spacial score (nSPS) is 16.8. The average molecular weight is 165 g/mol. The minimum Gasteiger partial charge on any atom is -0.330 e. The largest absolute Gasteiger partial charge is 0.330 e. The molecule has 0 atom stereocenters. The topological polar surface area (TPSA) is 43.1 Å². The zero-order valence-electron chi connectivity index (χ0n) is 7.47. The Labute approximate surface area is 73.1 Å². The Morgan fingerprint density at radius 1 is 1.50 bits per heavy atom. The van der Waals surface area contributed by atoms with Crippen LogP contribution in [0.15, 0.2) is 23.3 Å². The molecule has 0 unspecified atom stereocenters.